The minimum absolute atomic E-state index is 0.0668. The number of carbonyl (C=O) groups excluding carboxylic acids is 1. The molecular weight excluding hydrogens is 553 g/mol. The predicted octanol–water partition coefficient (Wildman–Crippen LogP) is 7.17. The minimum atomic E-state index is -0.455. The molecule has 5 rings (SSSR count). The van der Waals surface area contributed by atoms with Gasteiger partial charge >= 0.3 is 0 Å². The largest absolute Gasteiger partial charge is 0.457 e. The zero-order valence-corrected chi connectivity index (χ0v) is 21.9. The molecule has 0 aliphatic rings. The molecule has 0 bridgehead atoms. The summed E-state index contributed by atoms with van der Waals surface area (Å²) in [5.41, 5.74) is 3.18. The fourth-order valence-electron chi connectivity index (χ4n) is 3.46. The number of para-hydroxylation sites is 1. The molecule has 0 fully saturated rings. The van der Waals surface area contributed by atoms with Crippen LogP contribution in [0.4, 0.5) is 5.69 Å². The van der Waals surface area contributed by atoms with E-state index in [0.29, 0.717) is 48.9 Å². The Morgan fingerprint density at radius 2 is 1.68 bits per heavy atom. The van der Waals surface area contributed by atoms with E-state index in [9.17, 15) is 4.79 Å². The smallest absolute Gasteiger partial charge is 0.250 e. The van der Waals surface area contributed by atoms with Gasteiger partial charge in [-0.3, -0.25) is 10.1 Å². The number of amides is 1. The standard InChI is InChI=1S/C26H16Cl3N5O2S/c27-18-8-4-7-17(25(18)29)23-11-9-16(36-23)10-12-24(35)31-26(37)30-20-14-22-21(13-19(20)28)32-34(33-22)15-5-2-1-3-6-15/h1-14H,(H2,30,31,35,37). The summed E-state index contributed by atoms with van der Waals surface area (Å²) in [7, 11) is 0. The highest BCUT2D eigenvalue weighted by atomic mass is 35.5. The second-order valence-corrected chi connectivity index (χ2v) is 9.33. The number of furan rings is 1. The number of rotatable bonds is 5. The molecule has 0 aliphatic carbocycles. The summed E-state index contributed by atoms with van der Waals surface area (Å²) in [6, 6.07) is 21.6. The van der Waals surface area contributed by atoms with Crippen LogP contribution in [0.3, 0.4) is 0 Å². The summed E-state index contributed by atoms with van der Waals surface area (Å²) >= 11 is 24.0. The van der Waals surface area contributed by atoms with Gasteiger partial charge in [-0.2, -0.15) is 4.80 Å². The van der Waals surface area contributed by atoms with Crippen molar-refractivity contribution in [2.24, 2.45) is 0 Å². The molecule has 3 aromatic carbocycles. The Kier molecular flexibility index (Phi) is 7.25. The highest BCUT2D eigenvalue weighted by molar-refractivity contribution is 7.80. The molecule has 11 heteroatoms. The first-order valence-electron chi connectivity index (χ1n) is 10.8. The maximum atomic E-state index is 12.4. The Labute approximate surface area is 231 Å². The van der Waals surface area contributed by atoms with E-state index in [1.807, 2.05) is 30.3 Å². The summed E-state index contributed by atoms with van der Waals surface area (Å²) in [5, 5.41) is 15.7. The lowest BCUT2D eigenvalue weighted by Crippen LogP contribution is -2.32. The summed E-state index contributed by atoms with van der Waals surface area (Å²) in [4.78, 5) is 13.9. The van der Waals surface area contributed by atoms with Gasteiger partial charge in [0, 0.05) is 11.6 Å². The number of anilines is 1. The van der Waals surface area contributed by atoms with Crippen LogP contribution in [-0.2, 0) is 4.79 Å². The van der Waals surface area contributed by atoms with Crippen molar-refractivity contribution in [1.82, 2.24) is 20.3 Å². The minimum Gasteiger partial charge on any atom is -0.457 e. The molecule has 0 saturated carbocycles. The van der Waals surface area contributed by atoms with E-state index in [1.165, 1.54) is 16.9 Å². The van der Waals surface area contributed by atoms with Crippen molar-refractivity contribution < 1.29 is 9.21 Å². The number of halogens is 3. The molecule has 2 N–H and O–H groups in total. The van der Waals surface area contributed by atoms with Gasteiger partial charge in [-0.25, -0.2) is 0 Å². The van der Waals surface area contributed by atoms with Gasteiger partial charge in [0.15, 0.2) is 5.11 Å². The van der Waals surface area contributed by atoms with Crippen molar-refractivity contribution in [1.29, 1.82) is 0 Å². The molecule has 0 unspecified atom stereocenters. The molecule has 0 radical (unpaired) electrons. The average molecular weight is 569 g/mol. The van der Waals surface area contributed by atoms with Gasteiger partial charge in [-0.1, -0.05) is 59.1 Å². The van der Waals surface area contributed by atoms with Crippen LogP contribution in [0, 0.1) is 0 Å². The molecule has 7 nitrogen and oxygen atoms in total. The fraction of sp³-hybridized carbons (Fsp3) is 0. The van der Waals surface area contributed by atoms with Crippen LogP contribution < -0.4 is 10.6 Å². The van der Waals surface area contributed by atoms with Crippen molar-refractivity contribution in [3.63, 3.8) is 0 Å². The highest BCUT2D eigenvalue weighted by Crippen LogP contribution is 2.34. The quantitative estimate of drug-likeness (QED) is 0.173. The van der Waals surface area contributed by atoms with E-state index < -0.39 is 5.91 Å². The first-order chi connectivity index (χ1) is 17.9. The molecule has 0 aliphatic heterocycles. The van der Waals surface area contributed by atoms with Crippen molar-refractivity contribution >= 4 is 80.8 Å². The van der Waals surface area contributed by atoms with Crippen LogP contribution >= 0.6 is 47.0 Å². The maximum absolute atomic E-state index is 12.4. The number of hydrogen-bond donors (Lipinski definition) is 2. The molecule has 0 saturated heterocycles. The third-order valence-electron chi connectivity index (χ3n) is 5.18. The van der Waals surface area contributed by atoms with Crippen molar-refractivity contribution in [3.05, 3.63) is 99.7 Å². The van der Waals surface area contributed by atoms with Gasteiger partial charge in [-0.05, 0) is 66.8 Å². The molecule has 184 valence electrons. The monoisotopic (exact) mass is 567 g/mol. The summed E-state index contributed by atoms with van der Waals surface area (Å²) in [6.45, 7) is 0. The van der Waals surface area contributed by atoms with E-state index in [2.05, 4.69) is 20.8 Å². The SMILES string of the molecule is O=C(C=Cc1ccc(-c2cccc(Cl)c2Cl)o1)NC(=S)Nc1cc2nn(-c3ccccc3)nc2cc1Cl. The fourth-order valence-corrected chi connectivity index (χ4v) is 4.27. The van der Waals surface area contributed by atoms with Crippen LogP contribution in [0.5, 0.6) is 0 Å². The number of carbonyl (C=O) groups is 1. The van der Waals surface area contributed by atoms with Crippen molar-refractivity contribution in [2.75, 3.05) is 5.32 Å². The number of nitrogens with one attached hydrogen (secondary N) is 2. The Morgan fingerprint density at radius 1 is 0.919 bits per heavy atom. The van der Waals surface area contributed by atoms with Gasteiger partial charge in [0.2, 0.25) is 5.91 Å². The molecule has 0 spiro atoms. The number of benzene rings is 3. The van der Waals surface area contributed by atoms with E-state index >= 15 is 0 Å². The normalized spacial score (nSPS) is 11.2. The lowest BCUT2D eigenvalue weighted by atomic mass is 10.2. The lowest BCUT2D eigenvalue weighted by Gasteiger charge is -2.09. The second-order valence-electron chi connectivity index (χ2n) is 7.73. The highest BCUT2D eigenvalue weighted by Gasteiger charge is 2.12. The predicted molar refractivity (Wildman–Crippen MR) is 151 cm³/mol. The summed E-state index contributed by atoms with van der Waals surface area (Å²) in [6.07, 6.45) is 2.81. The first-order valence-corrected chi connectivity index (χ1v) is 12.4. The van der Waals surface area contributed by atoms with Crippen LogP contribution in [0.2, 0.25) is 15.1 Å². The Morgan fingerprint density at radius 3 is 2.46 bits per heavy atom. The summed E-state index contributed by atoms with van der Waals surface area (Å²) in [5.74, 6) is 0.525. The van der Waals surface area contributed by atoms with Gasteiger partial charge < -0.3 is 9.73 Å². The van der Waals surface area contributed by atoms with Gasteiger partial charge in [-0.15, -0.1) is 10.2 Å². The third kappa shape index (κ3) is 5.68. The van der Waals surface area contributed by atoms with E-state index in [1.54, 1.807) is 42.5 Å². The van der Waals surface area contributed by atoms with Crippen LogP contribution in [0.1, 0.15) is 5.76 Å². The topological polar surface area (TPSA) is 85.0 Å². The number of nitrogens with zero attached hydrogens (tertiary/aromatic N) is 3. The van der Waals surface area contributed by atoms with Crippen LogP contribution in [-0.4, -0.2) is 26.0 Å². The van der Waals surface area contributed by atoms with E-state index in [-0.39, 0.29) is 5.11 Å². The lowest BCUT2D eigenvalue weighted by molar-refractivity contribution is -0.115. The third-order valence-corrected chi connectivity index (χ3v) is 6.52. The molecule has 2 heterocycles. The molecular formula is C26H16Cl3N5O2S. The molecule has 0 atom stereocenters. The van der Waals surface area contributed by atoms with Crippen LogP contribution in [0.15, 0.2) is 83.3 Å². The van der Waals surface area contributed by atoms with Gasteiger partial charge in [0.25, 0.3) is 0 Å². The van der Waals surface area contributed by atoms with Gasteiger partial charge in [0.05, 0.1) is 26.4 Å². The molecule has 37 heavy (non-hydrogen) atoms. The number of aromatic nitrogens is 3. The zero-order chi connectivity index (χ0) is 25.9. The first kappa shape index (κ1) is 25.0. The van der Waals surface area contributed by atoms with Crippen LogP contribution in [0.25, 0.3) is 34.1 Å². The Bertz CT molecular complexity index is 1660. The van der Waals surface area contributed by atoms with E-state index in [4.69, 9.17) is 51.4 Å². The number of hydrogen-bond acceptors (Lipinski definition) is 5. The molecule has 5 aromatic rings. The molecule has 2 aromatic heterocycles. The van der Waals surface area contributed by atoms with E-state index in [0.717, 1.165) is 5.69 Å². The average Bonchev–Trinajstić information content (AvgIpc) is 3.52. The molecule has 1 amide bonds. The van der Waals surface area contributed by atoms with Gasteiger partial charge in [0.1, 0.15) is 22.6 Å². The zero-order valence-electron chi connectivity index (χ0n) is 18.8. The Balaban J connectivity index is 1.24. The number of fused-ring (bicyclic) bond motifs is 1. The maximum Gasteiger partial charge on any atom is 0.250 e. The Hall–Kier alpha value is -3.69. The second kappa shape index (κ2) is 10.7. The number of thiocarbonyl (C=S) groups is 1. The van der Waals surface area contributed by atoms with Crippen molar-refractivity contribution in [3.8, 4) is 17.0 Å². The summed E-state index contributed by atoms with van der Waals surface area (Å²) < 4.78 is 5.76. The van der Waals surface area contributed by atoms with Crippen molar-refractivity contribution in [2.45, 2.75) is 0 Å².